The van der Waals surface area contributed by atoms with E-state index in [-0.39, 0.29) is 11.4 Å². The number of fused-ring (bicyclic) bond motifs is 1. The molecule has 3 amide bonds. The molecule has 7 heteroatoms. The number of carbonyl (C=O) groups is 3. The number of nitrogens with one attached hydrogen (secondary N) is 1. The maximum absolute atomic E-state index is 13.0. The lowest BCUT2D eigenvalue weighted by Gasteiger charge is -2.13. The van der Waals surface area contributed by atoms with Gasteiger partial charge in [0.25, 0.3) is 11.1 Å². The summed E-state index contributed by atoms with van der Waals surface area (Å²) in [6.07, 6.45) is 1.64. The number of para-hydroxylation sites is 1. The molecule has 0 saturated carbocycles. The monoisotopic (exact) mass is 522 g/mol. The maximum atomic E-state index is 13.0. The molecule has 1 N–H and O–H groups in total. The number of ether oxygens (including phenoxy) is 1. The summed E-state index contributed by atoms with van der Waals surface area (Å²) in [6, 6.07) is 27.3. The van der Waals surface area contributed by atoms with Gasteiger partial charge in [-0.2, -0.15) is 0 Å². The normalized spacial score (nSPS) is 14.4. The number of thioether (sulfide) groups is 1. The van der Waals surface area contributed by atoms with Crippen molar-refractivity contribution in [2.24, 2.45) is 0 Å². The van der Waals surface area contributed by atoms with Gasteiger partial charge in [-0.1, -0.05) is 66.7 Å². The van der Waals surface area contributed by atoms with Crippen molar-refractivity contribution < 1.29 is 19.1 Å². The fraction of sp³-hybridized carbons (Fsp3) is 0.129. The number of nitrogens with zero attached hydrogens (tertiary/aromatic N) is 1. The Hall–Kier alpha value is -4.36. The van der Waals surface area contributed by atoms with Gasteiger partial charge in [0.15, 0.2) is 0 Å². The number of carbonyl (C=O) groups excluding carboxylic acids is 3. The van der Waals surface area contributed by atoms with Gasteiger partial charge < -0.3 is 10.1 Å². The number of amides is 3. The van der Waals surface area contributed by atoms with Crippen LogP contribution in [0.4, 0.5) is 10.5 Å². The highest BCUT2D eigenvalue weighted by molar-refractivity contribution is 8.18. The molecule has 0 bridgehead atoms. The number of anilines is 1. The molecule has 1 fully saturated rings. The molecule has 4 aromatic rings. The Labute approximate surface area is 225 Å². The van der Waals surface area contributed by atoms with Gasteiger partial charge in [0.05, 0.1) is 4.91 Å². The average molecular weight is 523 g/mol. The second kappa shape index (κ2) is 10.9. The number of imide groups is 1. The lowest BCUT2D eigenvalue weighted by molar-refractivity contribution is -0.127. The van der Waals surface area contributed by atoms with Crippen LogP contribution in [0.1, 0.15) is 22.3 Å². The third kappa shape index (κ3) is 5.63. The third-order valence-electron chi connectivity index (χ3n) is 6.15. The molecule has 0 aromatic heterocycles. The SMILES string of the molecule is Cc1cc(C)cc(NC(=O)CN2C(=O)S/C(=C\c3ccccc3OCc3cccc4ccccc34)C2=O)c1. The smallest absolute Gasteiger partial charge is 0.294 e. The fourth-order valence-electron chi connectivity index (χ4n) is 4.47. The predicted octanol–water partition coefficient (Wildman–Crippen LogP) is 6.71. The van der Waals surface area contributed by atoms with Crippen LogP contribution in [0.2, 0.25) is 0 Å². The molecule has 1 aliphatic rings. The summed E-state index contributed by atoms with van der Waals surface area (Å²) in [6.45, 7) is 3.88. The molecule has 1 saturated heterocycles. The van der Waals surface area contributed by atoms with Crippen molar-refractivity contribution in [1.29, 1.82) is 0 Å². The van der Waals surface area contributed by atoms with E-state index in [4.69, 9.17) is 4.74 Å². The number of aryl methyl sites for hydroxylation is 2. The Morgan fingerprint density at radius 1 is 0.921 bits per heavy atom. The van der Waals surface area contributed by atoms with E-state index in [1.54, 1.807) is 6.08 Å². The Balaban J connectivity index is 1.30. The minimum absolute atomic E-state index is 0.246. The summed E-state index contributed by atoms with van der Waals surface area (Å²) < 4.78 is 6.15. The first-order chi connectivity index (χ1) is 18.4. The first kappa shape index (κ1) is 25.3. The zero-order valence-corrected chi connectivity index (χ0v) is 21.9. The van der Waals surface area contributed by atoms with E-state index in [9.17, 15) is 14.4 Å². The van der Waals surface area contributed by atoms with E-state index in [2.05, 4.69) is 23.5 Å². The van der Waals surface area contributed by atoms with Crippen LogP contribution in [0.25, 0.3) is 16.8 Å². The summed E-state index contributed by atoms with van der Waals surface area (Å²) in [5, 5.41) is 4.55. The predicted molar refractivity (Wildman–Crippen MR) is 152 cm³/mol. The van der Waals surface area contributed by atoms with Crippen molar-refractivity contribution in [2.75, 3.05) is 11.9 Å². The number of hydrogen-bond donors (Lipinski definition) is 1. The van der Waals surface area contributed by atoms with Gasteiger partial charge in [-0.05, 0) is 77.3 Å². The van der Waals surface area contributed by atoms with Crippen molar-refractivity contribution in [3.8, 4) is 5.75 Å². The van der Waals surface area contributed by atoms with Gasteiger partial charge in [-0.25, -0.2) is 0 Å². The molecular weight excluding hydrogens is 496 g/mol. The fourth-order valence-corrected chi connectivity index (χ4v) is 5.30. The molecule has 5 rings (SSSR count). The zero-order valence-electron chi connectivity index (χ0n) is 21.1. The molecule has 0 spiro atoms. The lowest BCUT2D eigenvalue weighted by atomic mass is 10.1. The lowest BCUT2D eigenvalue weighted by Crippen LogP contribution is -2.36. The van der Waals surface area contributed by atoms with Crippen LogP contribution >= 0.6 is 11.8 Å². The maximum Gasteiger partial charge on any atom is 0.294 e. The van der Waals surface area contributed by atoms with E-state index >= 15 is 0 Å². The molecule has 0 unspecified atom stereocenters. The summed E-state index contributed by atoms with van der Waals surface area (Å²) >= 11 is 0.818. The van der Waals surface area contributed by atoms with Crippen LogP contribution < -0.4 is 10.1 Å². The molecule has 0 atom stereocenters. The molecule has 0 aliphatic carbocycles. The second-order valence-electron chi connectivity index (χ2n) is 9.16. The van der Waals surface area contributed by atoms with Gasteiger partial charge in [-0.3, -0.25) is 19.3 Å². The first-order valence-electron chi connectivity index (χ1n) is 12.2. The van der Waals surface area contributed by atoms with Gasteiger partial charge in [0.2, 0.25) is 5.91 Å². The minimum Gasteiger partial charge on any atom is -0.488 e. The van der Waals surface area contributed by atoms with Crippen LogP contribution in [-0.4, -0.2) is 28.5 Å². The zero-order chi connectivity index (χ0) is 26.6. The van der Waals surface area contributed by atoms with Crippen LogP contribution in [0.3, 0.4) is 0 Å². The molecule has 4 aromatic carbocycles. The molecular formula is C31H26N2O4S. The summed E-state index contributed by atoms with van der Waals surface area (Å²) in [5.41, 5.74) is 4.38. The Morgan fingerprint density at radius 2 is 1.63 bits per heavy atom. The van der Waals surface area contributed by atoms with Gasteiger partial charge in [-0.15, -0.1) is 0 Å². The van der Waals surface area contributed by atoms with Crippen LogP contribution in [0.5, 0.6) is 5.75 Å². The highest BCUT2D eigenvalue weighted by atomic mass is 32.2. The van der Waals surface area contributed by atoms with Crippen LogP contribution in [0, 0.1) is 13.8 Å². The Bertz CT molecular complexity index is 1570. The van der Waals surface area contributed by atoms with Crippen LogP contribution in [0.15, 0.2) is 89.8 Å². The minimum atomic E-state index is -0.501. The topological polar surface area (TPSA) is 75.7 Å². The van der Waals surface area contributed by atoms with Crippen LogP contribution in [-0.2, 0) is 16.2 Å². The summed E-state index contributed by atoms with van der Waals surface area (Å²) in [5.74, 6) is -0.336. The van der Waals surface area contributed by atoms with E-state index in [0.717, 1.165) is 44.1 Å². The summed E-state index contributed by atoms with van der Waals surface area (Å²) in [7, 11) is 0. The first-order valence-corrected chi connectivity index (χ1v) is 13.0. The largest absolute Gasteiger partial charge is 0.488 e. The second-order valence-corrected chi connectivity index (χ2v) is 10.2. The molecule has 6 nitrogen and oxygen atoms in total. The van der Waals surface area contributed by atoms with Crippen molar-refractivity contribution in [1.82, 2.24) is 4.90 Å². The molecule has 1 aliphatic heterocycles. The highest BCUT2D eigenvalue weighted by Gasteiger charge is 2.36. The van der Waals surface area contributed by atoms with Gasteiger partial charge in [0, 0.05) is 11.3 Å². The number of rotatable bonds is 7. The van der Waals surface area contributed by atoms with E-state index < -0.39 is 17.1 Å². The number of hydrogen-bond acceptors (Lipinski definition) is 5. The van der Waals surface area contributed by atoms with Crippen molar-refractivity contribution >= 4 is 51.4 Å². The third-order valence-corrected chi connectivity index (χ3v) is 7.06. The molecule has 38 heavy (non-hydrogen) atoms. The van der Waals surface area contributed by atoms with Crippen molar-refractivity contribution in [3.05, 3.63) is 112 Å². The molecule has 190 valence electrons. The average Bonchev–Trinajstić information content (AvgIpc) is 3.14. The number of benzene rings is 4. The van der Waals surface area contributed by atoms with E-state index in [1.807, 2.05) is 80.6 Å². The Kier molecular flexibility index (Phi) is 7.29. The van der Waals surface area contributed by atoms with Gasteiger partial charge >= 0.3 is 0 Å². The van der Waals surface area contributed by atoms with Gasteiger partial charge in [0.1, 0.15) is 18.9 Å². The standard InChI is InChI=1S/C31H26N2O4S/c1-20-14-21(2)16-25(15-20)32-29(34)18-33-30(35)28(38-31(33)36)17-23-9-4-6-13-27(23)37-19-24-11-7-10-22-8-3-5-12-26(22)24/h3-17H,18-19H2,1-2H3,(H,32,34)/b28-17-. The molecule has 0 radical (unpaired) electrons. The quantitative estimate of drug-likeness (QED) is 0.273. The highest BCUT2D eigenvalue weighted by Crippen LogP contribution is 2.34. The van der Waals surface area contributed by atoms with E-state index in [1.165, 1.54) is 0 Å². The van der Waals surface area contributed by atoms with E-state index in [0.29, 0.717) is 23.6 Å². The summed E-state index contributed by atoms with van der Waals surface area (Å²) in [4.78, 5) is 39.5. The molecule has 1 heterocycles. The Morgan fingerprint density at radius 3 is 2.45 bits per heavy atom. The van der Waals surface area contributed by atoms with Crippen molar-refractivity contribution in [3.63, 3.8) is 0 Å². The van der Waals surface area contributed by atoms with Crippen molar-refractivity contribution in [2.45, 2.75) is 20.5 Å².